The van der Waals surface area contributed by atoms with Crippen molar-refractivity contribution < 1.29 is 41.9 Å². The highest BCUT2D eigenvalue weighted by atomic mass is 32.1. The van der Waals surface area contributed by atoms with Gasteiger partial charge in [0, 0.05) is 38.4 Å². The van der Waals surface area contributed by atoms with Crippen LogP contribution in [0.4, 0.5) is 13.2 Å². The Labute approximate surface area is 293 Å². The number of nitrogens with two attached hydrogens (primary N) is 1. The molecule has 3 heterocycles. The van der Waals surface area contributed by atoms with Crippen molar-refractivity contribution in [2.24, 2.45) is 11.1 Å². The molecule has 2 saturated heterocycles. The van der Waals surface area contributed by atoms with Crippen LogP contribution in [0.3, 0.4) is 0 Å². The number of esters is 1. The number of carbonyl (C=O) groups excluding carboxylic acids is 5. The second kappa shape index (κ2) is 15.9. The molecule has 2 fully saturated rings. The van der Waals surface area contributed by atoms with Gasteiger partial charge in [0.05, 0.1) is 28.7 Å². The van der Waals surface area contributed by atoms with E-state index in [-0.39, 0.29) is 31.2 Å². The number of ether oxygens (including phenoxy) is 1. The fourth-order valence-corrected chi connectivity index (χ4v) is 6.96. The van der Waals surface area contributed by atoms with Crippen LogP contribution in [0.5, 0.6) is 0 Å². The van der Waals surface area contributed by atoms with E-state index in [1.54, 1.807) is 38.1 Å². The maximum atomic E-state index is 14.1. The third-order valence-corrected chi connectivity index (χ3v) is 9.90. The molecule has 4 rings (SSSR count). The Balaban J connectivity index is 1.48. The molecule has 0 saturated carbocycles. The van der Waals surface area contributed by atoms with Crippen molar-refractivity contribution in [1.29, 1.82) is 0 Å². The molecular formula is C34H45F3N6O6S. The summed E-state index contributed by atoms with van der Waals surface area (Å²) in [6.07, 6.45) is -5.81. The largest absolute Gasteiger partial charge is 0.490 e. The van der Waals surface area contributed by atoms with Gasteiger partial charge in [-0.05, 0) is 43.2 Å². The molecule has 0 aliphatic carbocycles. The van der Waals surface area contributed by atoms with Gasteiger partial charge in [0.15, 0.2) is 0 Å². The zero-order valence-electron chi connectivity index (χ0n) is 28.8. The normalized spacial score (nSPS) is 20.9. The highest BCUT2D eigenvalue weighted by molar-refractivity contribution is 7.13. The van der Waals surface area contributed by atoms with Crippen LogP contribution in [-0.4, -0.2) is 94.4 Å². The van der Waals surface area contributed by atoms with Crippen molar-refractivity contribution >= 4 is 40.9 Å². The lowest BCUT2D eigenvalue weighted by Gasteiger charge is -2.35. The fourth-order valence-electron chi connectivity index (χ4n) is 6.15. The van der Waals surface area contributed by atoms with Gasteiger partial charge in [-0.2, -0.15) is 13.2 Å². The first-order valence-electron chi connectivity index (χ1n) is 16.6. The zero-order valence-corrected chi connectivity index (χ0v) is 29.7. The molecule has 12 nitrogen and oxygen atoms in total. The molecule has 1 aromatic heterocycles. The van der Waals surface area contributed by atoms with Crippen LogP contribution < -0.4 is 16.4 Å². The van der Waals surface area contributed by atoms with Crippen molar-refractivity contribution in [3.05, 3.63) is 41.0 Å². The third kappa shape index (κ3) is 9.80. The number of aryl methyl sites for hydroxylation is 1. The van der Waals surface area contributed by atoms with Gasteiger partial charge in [0.2, 0.25) is 23.6 Å². The number of alkyl halides is 3. The van der Waals surface area contributed by atoms with Gasteiger partial charge in [-0.15, -0.1) is 11.3 Å². The number of nitrogens with zero attached hydrogens (tertiary/aromatic N) is 3. The maximum absolute atomic E-state index is 14.1. The molecule has 2 aromatic rings. The third-order valence-electron chi connectivity index (χ3n) is 8.93. The zero-order chi connectivity index (χ0) is 37.0. The molecule has 1 aromatic carbocycles. The van der Waals surface area contributed by atoms with E-state index in [1.165, 1.54) is 11.3 Å². The summed E-state index contributed by atoms with van der Waals surface area (Å²) in [6, 6.07) is 4.24. The summed E-state index contributed by atoms with van der Waals surface area (Å²) in [5.74, 6) is -4.65. The minimum Gasteiger partial charge on any atom is -0.454 e. The second-order valence-corrected chi connectivity index (χ2v) is 14.8. The van der Waals surface area contributed by atoms with Crippen LogP contribution in [0.2, 0.25) is 0 Å². The van der Waals surface area contributed by atoms with Gasteiger partial charge < -0.3 is 30.9 Å². The van der Waals surface area contributed by atoms with Crippen molar-refractivity contribution in [2.75, 3.05) is 19.6 Å². The molecule has 4 N–H and O–H groups in total. The Morgan fingerprint density at radius 2 is 1.74 bits per heavy atom. The molecule has 0 bridgehead atoms. The number of likely N-dealkylation sites (tertiary alicyclic amines) is 2. The number of hydrogen-bond donors (Lipinski definition) is 3. The standard InChI is InChI=1S/C34H45F3N6O6S/c1-19(21-8-10-22(11-9-21)28-20(2)39-18-50-28)40-30(46)25-15-24(49-32(48)34(35,36)37)17-43(25)31(47)29(33(3,4)5)41-26(44)12-13-27(45)42-14-6-7-23(38)16-42/h8-11,18-19,23-25,29H,6-7,12-17,38H2,1-5H3,(H,40,46)(H,41,44)/t19-,23+,24+,25-,29+/m0/s1. The number of piperidine rings is 1. The van der Waals surface area contributed by atoms with Crippen LogP contribution in [0.15, 0.2) is 29.8 Å². The van der Waals surface area contributed by atoms with Crippen molar-refractivity contribution in [1.82, 2.24) is 25.4 Å². The highest BCUT2D eigenvalue weighted by Gasteiger charge is 2.49. The molecule has 0 spiro atoms. The topological polar surface area (TPSA) is 164 Å². The predicted octanol–water partition coefficient (Wildman–Crippen LogP) is 3.63. The molecule has 274 valence electrons. The van der Waals surface area contributed by atoms with E-state index >= 15 is 0 Å². The van der Waals surface area contributed by atoms with E-state index in [2.05, 4.69) is 20.4 Å². The quantitative estimate of drug-likeness (QED) is 0.313. The molecule has 4 amide bonds. The highest BCUT2D eigenvalue weighted by Crippen LogP contribution is 2.31. The summed E-state index contributed by atoms with van der Waals surface area (Å²) in [5.41, 5.74) is 9.38. The van der Waals surface area contributed by atoms with E-state index < -0.39 is 66.1 Å². The second-order valence-electron chi connectivity index (χ2n) is 14.0. The number of carbonyl (C=O) groups is 5. The predicted molar refractivity (Wildman–Crippen MR) is 179 cm³/mol. The van der Waals surface area contributed by atoms with Gasteiger partial charge in [0.1, 0.15) is 18.2 Å². The van der Waals surface area contributed by atoms with Crippen LogP contribution in [-0.2, 0) is 28.7 Å². The van der Waals surface area contributed by atoms with E-state index in [9.17, 15) is 37.1 Å². The average molecular weight is 723 g/mol. The Morgan fingerprint density at radius 3 is 2.32 bits per heavy atom. The van der Waals surface area contributed by atoms with Crippen molar-refractivity contribution in [3.8, 4) is 10.4 Å². The molecule has 2 aliphatic heterocycles. The van der Waals surface area contributed by atoms with Crippen LogP contribution in [0.25, 0.3) is 10.4 Å². The number of rotatable bonds is 10. The van der Waals surface area contributed by atoms with Crippen LogP contribution in [0.1, 0.15) is 77.1 Å². The smallest absolute Gasteiger partial charge is 0.454 e. The lowest BCUT2D eigenvalue weighted by Crippen LogP contribution is -2.58. The molecule has 2 aliphatic rings. The molecule has 50 heavy (non-hydrogen) atoms. The first-order chi connectivity index (χ1) is 23.3. The fraction of sp³-hybridized carbons (Fsp3) is 0.588. The summed E-state index contributed by atoms with van der Waals surface area (Å²) in [6.45, 7) is 9.13. The summed E-state index contributed by atoms with van der Waals surface area (Å²) in [5, 5.41) is 5.51. The lowest BCUT2D eigenvalue weighted by atomic mass is 9.85. The number of nitrogens with one attached hydrogen (secondary N) is 2. The Bertz CT molecular complexity index is 1560. The minimum atomic E-state index is -5.27. The summed E-state index contributed by atoms with van der Waals surface area (Å²) >= 11 is 1.50. The number of amides is 4. The Hall–Kier alpha value is -4.05. The number of benzene rings is 1. The molecular weight excluding hydrogens is 677 g/mol. The summed E-state index contributed by atoms with van der Waals surface area (Å²) in [7, 11) is 0. The molecule has 0 unspecified atom stereocenters. The monoisotopic (exact) mass is 722 g/mol. The van der Waals surface area contributed by atoms with E-state index in [4.69, 9.17) is 5.73 Å². The van der Waals surface area contributed by atoms with Crippen LogP contribution in [0, 0.1) is 12.3 Å². The molecule has 0 radical (unpaired) electrons. The molecule has 5 atom stereocenters. The van der Waals surface area contributed by atoms with Crippen molar-refractivity contribution in [3.63, 3.8) is 0 Å². The average Bonchev–Trinajstić information content (AvgIpc) is 3.67. The SMILES string of the molecule is Cc1ncsc1-c1ccc([C@H](C)NC(=O)[C@@H]2C[C@@H](OC(=O)C(F)(F)F)CN2C(=O)[C@@H](NC(=O)CCC(=O)N2CCC[C@@H](N)C2)C(C)(C)C)cc1. The Kier molecular flexibility index (Phi) is 12.3. The molecule has 16 heteroatoms. The van der Waals surface area contributed by atoms with Crippen molar-refractivity contribution in [2.45, 2.75) is 103 Å². The van der Waals surface area contributed by atoms with E-state index in [1.807, 2.05) is 31.2 Å². The maximum Gasteiger partial charge on any atom is 0.490 e. The van der Waals surface area contributed by atoms with Gasteiger partial charge in [-0.25, -0.2) is 9.78 Å². The summed E-state index contributed by atoms with van der Waals surface area (Å²) in [4.78, 5) is 73.2. The van der Waals surface area contributed by atoms with Crippen LogP contribution >= 0.6 is 11.3 Å². The Morgan fingerprint density at radius 1 is 1.06 bits per heavy atom. The minimum absolute atomic E-state index is 0.101. The first kappa shape index (κ1) is 38.7. The number of hydrogen-bond acceptors (Lipinski definition) is 9. The first-order valence-corrected chi connectivity index (χ1v) is 17.4. The number of halogens is 3. The van der Waals surface area contributed by atoms with Gasteiger partial charge in [-0.3, -0.25) is 19.2 Å². The number of thiazole rings is 1. The van der Waals surface area contributed by atoms with Gasteiger partial charge >= 0.3 is 12.1 Å². The lowest BCUT2D eigenvalue weighted by molar-refractivity contribution is -0.204. The van der Waals surface area contributed by atoms with E-state index in [0.717, 1.165) is 39.4 Å². The van der Waals surface area contributed by atoms with Gasteiger partial charge in [0.25, 0.3) is 0 Å². The van der Waals surface area contributed by atoms with Gasteiger partial charge in [-0.1, -0.05) is 45.0 Å². The van der Waals surface area contributed by atoms with E-state index in [0.29, 0.717) is 13.1 Å². The number of aromatic nitrogens is 1. The summed E-state index contributed by atoms with van der Waals surface area (Å²) < 4.78 is 44.0.